The molecule has 0 aliphatic heterocycles. The van der Waals surface area contributed by atoms with Crippen molar-refractivity contribution in [2.24, 2.45) is 0 Å². The summed E-state index contributed by atoms with van der Waals surface area (Å²) in [5.74, 6) is 0.583. The number of nitrogens with one attached hydrogen (secondary N) is 2. The van der Waals surface area contributed by atoms with Crippen LogP contribution < -0.4 is 10.6 Å². The van der Waals surface area contributed by atoms with E-state index in [1.54, 1.807) is 12.1 Å². The van der Waals surface area contributed by atoms with Gasteiger partial charge in [-0.15, -0.1) is 10.2 Å². The number of nitrogens with zero attached hydrogens (tertiary/aromatic N) is 2. The first-order valence-corrected chi connectivity index (χ1v) is 7.06. The molecule has 1 aliphatic rings. The second-order valence-corrected chi connectivity index (χ2v) is 5.41. The van der Waals surface area contributed by atoms with E-state index in [2.05, 4.69) is 20.8 Å². The summed E-state index contributed by atoms with van der Waals surface area (Å²) in [4.78, 5) is 12.0. The van der Waals surface area contributed by atoms with Crippen LogP contribution in [0.25, 0.3) is 0 Å². The van der Waals surface area contributed by atoms with Crippen LogP contribution in [0.3, 0.4) is 0 Å². The van der Waals surface area contributed by atoms with Crippen molar-refractivity contribution in [3.05, 3.63) is 17.8 Å². The molecule has 0 spiro atoms. The number of carbonyl (C=O) groups is 1. The quantitative estimate of drug-likeness (QED) is 0.874. The van der Waals surface area contributed by atoms with Gasteiger partial charge in [0, 0.05) is 12.1 Å². The van der Waals surface area contributed by atoms with E-state index in [0.29, 0.717) is 23.6 Å². The molecule has 1 saturated carbocycles. The zero-order chi connectivity index (χ0) is 13.7. The summed E-state index contributed by atoms with van der Waals surface area (Å²) in [7, 11) is 0. The first kappa shape index (κ1) is 13.8. The monoisotopic (exact) mass is 262 g/mol. The standard InChI is InChI=1S/C14H22N4O/c1-10(2)15-13-9-8-12(17-18-13)14(19)16-11-6-4-3-5-7-11/h8-11H,3-7H2,1-2H3,(H,15,18)(H,16,19). The molecular weight excluding hydrogens is 240 g/mol. The summed E-state index contributed by atoms with van der Waals surface area (Å²) in [5.41, 5.74) is 0.389. The van der Waals surface area contributed by atoms with E-state index < -0.39 is 0 Å². The minimum atomic E-state index is -0.115. The van der Waals surface area contributed by atoms with Gasteiger partial charge in [-0.25, -0.2) is 0 Å². The van der Waals surface area contributed by atoms with Crippen LogP contribution in [0.15, 0.2) is 12.1 Å². The van der Waals surface area contributed by atoms with E-state index in [1.807, 2.05) is 13.8 Å². The van der Waals surface area contributed by atoms with Gasteiger partial charge in [0.25, 0.3) is 5.91 Å². The van der Waals surface area contributed by atoms with Gasteiger partial charge in [0.1, 0.15) is 5.82 Å². The van der Waals surface area contributed by atoms with Crippen LogP contribution >= 0.6 is 0 Å². The molecule has 1 fully saturated rings. The molecule has 104 valence electrons. The molecule has 1 heterocycles. The lowest BCUT2D eigenvalue weighted by molar-refractivity contribution is 0.0921. The molecule has 2 rings (SSSR count). The first-order valence-electron chi connectivity index (χ1n) is 7.06. The predicted molar refractivity (Wildman–Crippen MR) is 75.1 cm³/mol. The maximum absolute atomic E-state index is 12.0. The van der Waals surface area contributed by atoms with E-state index in [4.69, 9.17) is 0 Å². The maximum Gasteiger partial charge on any atom is 0.272 e. The van der Waals surface area contributed by atoms with Crippen LogP contribution in [0.4, 0.5) is 5.82 Å². The SMILES string of the molecule is CC(C)Nc1ccc(C(=O)NC2CCCCC2)nn1. The average molecular weight is 262 g/mol. The fourth-order valence-corrected chi connectivity index (χ4v) is 2.33. The van der Waals surface area contributed by atoms with Crippen LogP contribution in [-0.4, -0.2) is 28.2 Å². The van der Waals surface area contributed by atoms with Crippen LogP contribution in [0.1, 0.15) is 56.4 Å². The molecule has 5 heteroatoms. The number of hydrogen-bond donors (Lipinski definition) is 2. The van der Waals surface area contributed by atoms with Gasteiger partial charge in [0.05, 0.1) is 0 Å². The molecule has 1 aromatic rings. The second kappa shape index (κ2) is 6.50. The number of anilines is 1. The zero-order valence-electron chi connectivity index (χ0n) is 11.6. The minimum absolute atomic E-state index is 0.115. The molecule has 1 amide bonds. The Kier molecular flexibility index (Phi) is 4.71. The van der Waals surface area contributed by atoms with Crippen molar-refractivity contribution in [2.45, 2.75) is 58.0 Å². The first-order chi connectivity index (χ1) is 9.15. The van der Waals surface area contributed by atoms with Gasteiger partial charge in [-0.3, -0.25) is 4.79 Å². The van der Waals surface area contributed by atoms with Gasteiger partial charge in [0.15, 0.2) is 5.69 Å². The van der Waals surface area contributed by atoms with Gasteiger partial charge < -0.3 is 10.6 Å². The molecule has 0 radical (unpaired) electrons. The van der Waals surface area contributed by atoms with Crippen molar-refractivity contribution in [1.82, 2.24) is 15.5 Å². The lowest BCUT2D eigenvalue weighted by Crippen LogP contribution is -2.36. The molecule has 19 heavy (non-hydrogen) atoms. The van der Waals surface area contributed by atoms with E-state index in [-0.39, 0.29) is 5.91 Å². The minimum Gasteiger partial charge on any atom is -0.366 e. The highest BCUT2D eigenvalue weighted by Gasteiger charge is 2.17. The highest BCUT2D eigenvalue weighted by Crippen LogP contribution is 2.17. The highest BCUT2D eigenvalue weighted by atomic mass is 16.2. The number of carbonyl (C=O) groups excluding carboxylic acids is 1. The zero-order valence-corrected chi connectivity index (χ0v) is 11.6. The smallest absolute Gasteiger partial charge is 0.272 e. The molecule has 1 aromatic heterocycles. The largest absolute Gasteiger partial charge is 0.366 e. The molecule has 0 unspecified atom stereocenters. The third-order valence-electron chi connectivity index (χ3n) is 3.27. The van der Waals surface area contributed by atoms with E-state index >= 15 is 0 Å². The van der Waals surface area contributed by atoms with Gasteiger partial charge in [-0.2, -0.15) is 0 Å². The Labute approximate surface area is 114 Å². The molecule has 2 N–H and O–H groups in total. The van der Waals surface area contributed by atoms with Crippen LogP contribution in [0, 0.1) is 0 Å². The summed E-state index contributed by atoms with van der Waals surface area (Å²) < 4.78 is 0. The lowest BCUT2D eigenvalue weighted by atomic mass is 9.95. The molecule has 1 aliphatic carbocycles. The second-order valence-electron chi connectivity index (χ2n) is 5.41. The number of hydrogen-bond acceptors (Lipinski definition) is 4. The Balaban J connectivity index is 1.91. The molecule has 0 bridgehead atoms. The molecular formula is C14H22N4O. The fourth-order valence-electron chi connectivity index (χ4n) is 2.33. The lowest BCUT2D eigenvalue weighted by Gasteiger charge is -2.22. The topological polar surface area (TPSA) is 66.9 Å². The van der Waals surface area contributed by atoms with Gasteiger partial charge in [0.2, 0.25) is 0 Å². The summed E-state index contributed by atoms with van der Waals surface area (Å²) >= 11 is 0. The molecule has 5 nitrogen and oxygen atoms in total. The Morgan fingerprint density at radius 1 is 1.21 bits per heavy atom. The van der Waals surface area contributed by atoms with Crippen LogP contribution in [-0.2, 0) is 0 Å². The van der Waals surface area contributed by atoms with Crippen molar-refractivity contribution in [2.75, 3.05) is 5.32 Å². The van der Waals surface area contributed by atoms with E-state index in [0.717, 1.165) is 12.8 Å². The Morgan fingerprint density at radius 3 is 2.53 bits per heavy atom. The van der Waals surface area contributed by atoms with Gasteiger partial charge in [-0.1, -0.05) is 19.3 Å². The summed E-state index contributed by atoms with van der Waals surface area (Å²) in [5, 5.41) is 14.2. The van der Waals surface area contributed by atoms with Crippen molar-refractivity contribution in [3.63, 3.8) is 0 Å². The Morgan fingerprint density at radius 2 is 1.95 bits per heavy atom. The molecule has 0 aromatic carbocycles. The van der Waals surface area contributed by atoms with E-state index in [9.17, 15) is 4.79 Å². The third kappa shape index (κ3) is 4.19. The maximum atomic E-state index is 12.0. The van der Waals surface area contributed by atoms with Gasteiger partial charge >= 0.3 is 0 Å². The van der Waals surface area contributed by atoms with Crippen LogP contribution in [0.5, 0.6) is 0 Å². The normalized spacial score (nSPS) is 16.4. The number of aromatic nitrogens is 2. The third-order valence-corrected chi connectivity index (χ3v) is 3.27. The van der Waals surface area contributed by atoms with Crippen molar-refractivity contribution < 1.29 is 4.79 Å². The molecule has 0 saturated heterocycles. The highest BCUT2D eigenvalue weighted by molar-refractivity contribution is 5.92. The van der Waals surface area contributed by atoms with Crippen molar-refractivity contribution in [3.8, 4) is 0 Å². The Hall–Kier alpha value is -1.65. The summed E-state index contributed by atoms with van der Waals surface area (Å²) in [6.07, 6.45) is 5.84. The summed E-state index contributed by atoms with van der Waals surface area (Å²) in [6, 6.07) is 4.12. The predicted octanol–water partition coefficient (Wildman–Crippen LogP) is 2.36. The molecule has 0 atom stereocenters. The number of rotatable bonds is 4. The fraction of sp³-hybridized carbons (Fsp3) is 0.643. The van der Waals surface area contributed by atoms with Crippen molar-refractivity contribution in [1.29, 1.82) is 0 Å². The summed E-state index contributed by atoms with van der Waals surface area (Å²) in [6.45, 7) is 4.07. The Bertz CT molecular complexity index is 410. The van der Waals surface area contributed by atoms with Crippen molar-refractivity contribution >= 4 is 11.7 Å². The average Bonchev–Trinajstić information content (AvgIpc) is 2.40. The van der Waals surface area contributed by atoms with E-state index in [1.165, 1.54) is 19.3 Å². The number of amides is 1. The van der Waals surface area contributed by atoms with Gasteiger partial charge in [-0.05, 0) is 38.8 Å². The van der Waals surface area contributed by atoms with Crippen LogP contribution in [0.2, 0.25) is 0 Å².